The molecule has 0 aliphatic rings. The van der Waals surface area contributed by atoms with E-state index in [9.17, 15) is 9.90 Å². The summed E-state index contributed by atoms with van der Waals surface area (Å²) in [6.45, 7) is 6.15. The third kappa shape index (κ3) is 2.73. The smallest absolute Gasteiger partial charge is 0.337 e. The highest BCUT2D eigenvalue weighted by molar-refractivity contribution is 5.94. The topological polar surface area (TPSA) is 75.2 Å². The maximum Gasteiger partial charge on any atom is 0.337 e. The second-order valence-corrected chi connectivity index (χ2v) is 6.76. The number of nitrogens with one attached hydrogen (secondary N) is 1. The lowest BCUT2D eigenvalue weighted by atomic mass is 9.85. The highest BCUT2D eigenvalue weighted by Crippen LogP contribution is 2.37. The first-order chi connectivity index (χ1) is 11.3. The second-order valence-electron chi connectivity index (χ2n) is 6.76. The van der Waals surface area contributed by atoms with Crippen molar-refractivity contribution in [1.82, 2.24) is 9.97 Å². The average molecular weight is 324 g/mol. The number of H-pyrrole nitrogens is 1. The molecule has 5 nitrogen and oxygen atoms in total. The molecule has 0 unspecified atom stereocenters. The van der Waals surface area contributed by atoms with Crippen molar-refractivity contribution in [3.63, 3.8) is 0 Å². The molecule has 0 aliphatic carbocycles. The number of fused-ring (bicyclic) bond motifs is 1. The summed E-state index contributed by atoms with van der Waals surface area (Å²) in [4.78, 5) is 19.3. The number of benzene rings is 2. The van der Waals surface area contributed by atoms with Crippen molar-refractivity contribution in [2.24, 2.45) is 0 Å². The summed E-state index contributed by atoms with van der Waals surface area (Å²) < 4.78 is 4.74. The SMILES string of the molecule is COC(=O)c1ccc2nc(-c3cccc(C(C)(C)C)c3O)[nH]c2c1. The van der Waals surface area contributed by atoms with Crippen LogP contribution in [0.3, 0.4) is 0 Å². The van der Waals surface area contributed by atoms with Crippen LogP contribution in [0.25, 0.3) is 22.4 Å². The monoisotopic (exact) mass is 324 g/mol. The predicted octanol–water partition coefficient (Wildman–Crippen LogP) is 4.02. The number of phenolic OH excluding ortho intramolecular Hbond substituents is 1. The zero-order chi connectivity index (χ0) is 17.5. The minimum absolute atomic E-state index is 0.176. The number of carbonyl (C=O) groups excluding carboxylic acids is 1. The van der Waals surface area contributed by atoms with Crippen LogP contribution in [0.2, 0.25) is 0 Å². The number of hydrogen-bond donors (Lipinski definition) is 2. The second kappa shape index (κ2) is 5.67. The van der Waals surface area contributed by atoms with E-state index in [0.29, 0.717) is 22.5 Å². The Morgan fingerprint density at radius 3 is 2.62 bits per heavy atom. The van der Waals surface area contributed by atoms with Crippen LogP contribution < -0.4 is 0 Å². The lowest BCUT2D eigenvalue weighted by Crippen LogP contribution is -2.11. The zero-order valence-corrected chi connectivity index (χ0v) is 14.2. The van der Waals surface area contributed by atoms with Crippen LogP contribution >= 0.6 is 0 Å². The number of aromatic nitrogens is 2. The van der Waals surface area contributed by atoms with E-state index in [1.54, 1.807) is 18.2 Å². The van der Waals surface area contributed by atoms with Crippen molar-refractivity contribution in [2.75, 3.05) is 7.11 Å². The number of ether oxygens (including phenoxy) is 1. The van der Waals surface area contributed by atoms with Gasteiger partial charge in [0.15, 0.2) is 0 Å². The molecule has 0 fully saturated rings. The number of aromatic amines is 1. The molecule has 3 rings (SSSR count). The van der Waals surface area contributed by atoms with Crippen molar-refractivity contribution in [2.45, 2.75) is 26.2 Å². The average Bonchev–Trinajstić information content (AvgIpc) is 2.95. The molecule has 3 aromatic rings. The number of imidazole rings is 1. The highest BCUT2D eigenvalue weighted by atomic mass is 16.5. The molecular formula is C19H20N2O3. The van der Waals surface area contributed by atoms with Gasteiger partial charge in [0, 0.05) is 0 Å². The molecule has 5 heteroatoms. The van der Waals surface area contributed by atoms with E-state index in [1.807, 2.05) is 39.0 Å². The fourth-order valence-corrected chi connectivity index (χ4v) is 2.72. The predicted molar refractivity (Wildman–Crippen MR) is 93.2 cm³/mol. The van der Waals surface area contributed by atoms with Crippen LogP contribution in [-0.4, -0.2) is 28.2 Å². The third-order valence-electron chi connectivity index (χ3n) is 4.00. The zero-order valence-electron chi connectivity index (χ0n) is 14.2. The number of nitrogens with zero attached hydrogens (tertiary/aromatic N) is 1. The van der Waals surface area contributed by atoms with Crippen molar-refractivity contribution in [3.05, 3.63) is 47.5 Å². The molecule has 0 saturated heterocycles. The van der Waals surface area contributed by atoms with Crippen LogP contribution in [0.15, 0.2) is 36.4 Å². The lowest BCUT2D eigenvalue weighted by Gasteiger charge is -2.21. The summed E-state index contributed by atoms with van der Waals surface area (Å²) in [5, 5.41) is 10.6. The number of methoxy groups -OCH3 is 1. The van der Waals surface area contributed by atoms with E-state index in [1.165, 1.54) is 7.11 Å². The number of para-hydroxylation sites is 1. The molecule has 0 aliphatic heterocycles. The van der Waals surface area contributed by atoms with Gasteiger partial charge >= 0.3 is 5.97 Å². The van der Waals surface area contributed by atoms with Gasteiger partial charge in [-0.15, -0.1) is 0 Å². The van der Waals surface area contributed by atoms with Gasteiger partial charge in [0.25, 0.3) is 0 Å². The van der Waals surface area contributed by atoms with Gasteiger partial charge in [-0.2, -0.15) is 0 Å². The van der Waals surface area contributed by atoms with Gasteiger partial charge in [0.1, 0.15) is 11.6 Å². The Labute approximate surface area is 140 Å². The standard InChI is InChI=1S/C19H20N2O3/c1-19(2,3)13-7-5-6-12(16(13)22)17-20-14-9-8-11(18(23)24-4)10-15(14)21-17/h5-10,22H,1-4H3,(H,20,21). The molecule has 124 valence electrons. The summed E-state index contributed by atoms with van der Waals surface area (Å²) in [6, 6.07) is 10.8. The molecule has 24 heavy (non-hydrogen) atoms. The summed E-state index contributed by atoms with van der Waals surface area (Å²) >= 11 is 0. The molecule has 0 amide bonds. The van der Waals surface area contributed by atoms with Gasteiger partial charge in [0.2, 0.25) is 0 Å². The quantitative estimate of drug-likeness (QED) is 0.698. The Hall–Kier alpha value is -2.82. The van der Waals surface area contributed by atoms with Crippen LogP contribution in [0.5, 0.6) is 5.75 Å². The van der Waals surface area contributed by atoms with E-state index in [-0.39, 0.29) is 11.2 Å². The van der Waals surface area contributed by atoms with Gasteiger partial charge in [-0.05, 0) is 35.2 Å². The van der Waals surface area contributed by atoms with Gasteiger partial charge in [-0.3, -0.25) is 0 Å². The molecule has 0 saturated carbocycles. The number of aromatic hydroxyl groups is 1. The molecule has 0 atom stereocenters. The Morgan fingerprint density at radius 2 is 1.96 bits per heavy atom. The van der Waals surface area contributed by atoms with Crippen LogP contribution in [-0.2, 0) is 10.2 Å². The van der Waals surface area contributed by atoms with Crippen LogP contribution in [0.1, 0.15) is 36.7 Å². The molecule has 0 spiro atoms. The first-order valence-electron chi connectivity index (χ1n) is 7.72. The van der Waals surface area contributed by atoms with Gasteiger partial charge < -0.3 is 14.8 Å². The fourth-order valence-electron chi connectivity index (χ4n) is 2.72. The maximum absolute atomic E-state index is 11.6. The minimum atomic E-state index is -0.398. The first-order valence-corrected chi connectivity index (χ1v) is 7.72. The number of phenols is 1. The lowest BCUT2D eigenvalue weighted by molar-refractivity contribution is 0.0601. The number of hydrogen-bond acceptors (Lipinski definition) is 4. The molecular weight excluding hydrogens is 304 g/mol. The normalized spacial score (nSPS) is 11.7. The van der Waals surface area contributed by atoms with Crippen LogP contribution in [0, 0.1) is 0 Å². The van der Waals surface area contributed by atoms with E-state index < -0.39 is 5.97 Å². The highest BCUT2D eigenvalue weighted by Gasteiger charge is 2.21. The molecule has 2 aromatic carbocycles. The van der Waals surface area contributed by atoms with Crippen molar-refractivity contribution in [1.29, 1.82) is 0 Å². The van der Waals surface area contributed by atoms with Crippen molar-refractivity contribution >= 4 is 17.0 Å². The Kier molecular flexibility index (Phi) is 3.79. The summed E-state index contributed by atoms with van der Waals surface area (Å²) in [6.07, 6.45) is 0. The Bertz CT molecular complexity index is 920. The summed E-state index contributed by atoms with van der Waals surface area (Å²) in [5.41, 5.74) is 3.21. The van der Waals surface area contributed by atoms with E-state index in [2.05, 4.69) is 9.97 Å². The van der Waals surface area contributed by atoms with Crippen molar-refractivity contribution in [3.8, 4) is 17.1 Å². The maximum atomic E-state index is 11.6. The van der Waals surface area contributed by atoms with Gasteiger partial charge in [-0.1, -0.05) is 32.9 Å². The minimum Gasteiger partial charge on any atom is -0.507 e. The fraction of sp³-hybridized carbons (Fsp3) is 0.263. The molecule has 0 radical (unpaired) electrons. The number of carbonyl (C=O) groups is 1. The van der Waals surface area contributed by atoms with Gasteiger partial charge in [-0.25, -0.2) is 9.78 Å². The van der Waals surface area contributed by atoms with Crippen molar-refractivity contribution < 1.29 is 14.6 Å². The first kappa shape index (κ1) is 16.1. The number of rotatable bonds is 2. The summed E-state index contributed by atoms with van der Waals surface area (Å²) in [5.74, 6) is 0.387. The Balaban J connectivity index is 2.12. The van der Waals surface area contributed by atoms with Gasteiger partial charge in [0.05, 0.1) is 29.3 Å². The van der Waals surface area contributed by atoms with E-state index in [0.717, 1.165) is 11.1 Å². The van der Waals surface area contributed by atoms with Crippen LogP contribution in [0.4, 0.5) is 0 Å². The summed E-state index contributed by atoms with van der Waals surface area (Å²) in [7, 11) is 1.35. The molecule has 0 bridgehead atoms. The molecule has 2 N–H and O–H groups in total. The van der Waals surface area contributed by atoms with E-state index in [4.69, 9.17) is 4.74 Å². The Morgan fingerprint density at radius 1 is 1.21 bits per heavy atom. The third-order valence-corrected chi connectivity index (χ3v) is 4.00. The molecule has 1 aromatic heterocycles. The molecule has 1 heterocycles. The van der Waals surface area contributed by atoms with E-state index >= 15 is 0 Å². The largest absolute Gasteiger partial charge is 0.507 e. The number of esters is 1.